The fourth-order valence-electron chi connectivity index (χ4n) is 2.81. The van der Waals surface area contributed by atoms with Crippen LogP contribution in [0.1, 0.15) is 0 Å². The molecule has 28 heavy (non-hydrogen) atoms. The van der Waals surface area contributed by atoms with Crippen LogP contribution >= 0.6 is 0 Å². The third-order valence-corrected chi connectivity index (χ3v) is 4.12. The Labute approximate surface area is 158 Å². The van der Waals surface area contributed by atoms with Gasteiger partial charge in [0, 0.05) is 17.2 Å². The highest BCUT2D eigenvalue weighted by atomic mass is 19.4. The van der Waals surface area contributed by atoms with Gasteiger partial charge in [0.15, 0.2) is 11.5 Å². The van der Waals surface area contributed by atoms with Gasteiger partial charge in [0.05, 0.1) is 32.7 Å². The van der Waals surface area contributed by atoms with Gasteiger partial charge < -0.3 is 19.3 Å². The number of nitrogens with zero attached hydrogens (tertiary/aromatic N) is 2. The standard InChI is InChI=1S/C19H17F3N2O4/c1-26-13-6-12(7-14(9-13)27-2)17-18(24(10-23-17)19(20,21)22)11-4-5-16(28-3)15(25)8-11/h4-10,25H,1-3H3. The predicted molar refractivity (Wildman–Crippen MR) is 95.7 cm³/mol. The van der Waals surface area contributed by atoms with Crippen molar-refractivity contribution in [2.24, 2.45) is 0 Å². The molecule has 9 heteroatoms. The van der Waals surface area contributed by atoms with E-state index in [2.05, 4.69) is 4.98 Å². The summed E-state index contributed by atoms with van der Waals surface area (Å²) in [4.78, 5) is 3.97. The highest BCUT2D eigenvalue weighted by Crippen LogP contribution is 2.41. The van der Waals surface area contributed by atoms with Gasteiger partial charge in [0.1, 0.15) is 17.8 Å². The third kappa shape index (κ3) is 3.55. The summed E-state index contributed by atoms with van der Waals surface area (Å²) >= 11 is 0. The van der Waals surface area contributed by atoms with E-state index < -0.39 is 6.30 Å². The van der Waals surface area contributed by atoms with E-state index in [1.165, 1.54) is 39.5 Å². The van der Waals surface area contributed by atoms with Gasteiger partial charge in [0.2, 0.25) is 0 Å². The second kappa shape index (κ2) is 7.34. The van der Waals surface area contributed by atoms with E-state index in [0.29, 0.717) is 23.4 Å². The summed E-state index contributed by atoms with van der Waals surface area (Å²) in [6.07, 6.45) is -4.02. The van der Waals surface area contributed by atoms with Gasteiger partial charge in [-0.1, -0.05) is 0 Å². The van der Waals surface area contributed by atoms with Crippen molar-refractivity contribution in [2.45, 2.75) is 6.30 Å². The molecular formula is C19H17F3N2O4. The number of phenols is 1. The molecule has 0 fully saturated rings. The summed E-state index contributed by atoms with van der Waals surface area (Å²) in [5.41, 5.74) is 0.300. The van der Waals surface area contributed by atoms with Crippen molar-refractivity contribution in [2.75, 3.05) is 21.3 Å². The highest BCUT2D eigenvalue weighted by Gasteiger charge is 2.35. The molecule has 1 heterocycles. The number of halogens is 3. The topological polar surface area (TPSA) is 65.7 Å². The van der Waals surface area contributed by atoms with Crippen LogP contribution in [-0.2, 0) is 6.30 Å². The Kier molecular flexibility index (Phi) is 5.08. The Hall–Kier alpha value is -3.36. The van der Waals surface area contributed by atoms with Crippen molar-refractivity contribution in [3.8, 4) is 45.5 Å². The summed E-state index contributed by atoms with van der Waals surface area (Å²) in [6, 6.07) is 8.70. The van der Waals surface area contributed by atoms with Crippen LogP contribution in [0.15, 0.2) is 42.7 Å². The van der Waals surface area contributed by atoms with Crippen molar-refractivity contribution >= 4 is 0 Å². The smallest absolute Gasteiger partial charge is 0.490 e. The zero-order valence-corrected chi connectivity index (χ0v) is 15.2. The van der Waals surface area contributed by atoms with Gasteiger partial charge in [-0.15, -0.1) is 13.2 Å². The molecule has 0 bridgehead atoms. The lowest BCUT2D eigenvalue weighted by Gasteiger charge is -2.15. The Balaban J connectivity index is 2.27. The summed E-state index contributed by atoms with van der Waals surface area (Å²) in [6.45, 7) is 0. The molecule has 1 aromatic heterocycles. The SMILES string of the molecule is COc1cc(OC)cc(-c2ncn(C(F)(F)F)c2-c2ccc(OC)c(O)c2)c1. The number of hydrogen-bond donors (Lipinski definition) is 1. The second-order valence-electron chi connectivity index (χ2n) is 5.77. The number of rotatable bonds is 5. The summed E-state index contributed by atoms with van der Waals surface area (Å²) < 4.78 is 56.2. The largest absolute Gasteiger partial charge is 0.504 e. The lowest BCUT2D eigenvalue weighted by atomic mass is 10.0. The number of methoxy groups -OCH3 is 3. The number of hydrogen-bond acceptors (Lipinski definition) is 5. The molecule has 0 unspecified atom stereocenters. The quantitative estimate of drug-likeness (QED) is 0.694. The molecule has 0 spiro atoms. The van der Waals surface area contributed by atoms with Crippen LogP contribution in [0.4, 0.5) is 13.2 Å². The van der Waals surface area contributed by atoms with Crippen LogP contribution in [0.5, 0.6) is 23.0 Å². The molecule has 148 valence electrons. The van der Waals surface area contributed by atoms with Crippen LogP contribution in [0.25, 0.3) is 22.5 Å². The normalized spacial score (nSPS) is 11.4. The van der Waals surface area contributed by atoms with E-state index in [0.717, 1.165) is 0 Å². The van der Waals surface area contributed by atoms with E-state index in [1.807, 2.05) is 0 Å². The molecule has 3 rings (SSSR count). The molecule has 0 radical (unpaired) electrons. The molecule has 0 aliphatic rings. The predicted octanol–water partition coefficient (Wildman–Crippen LogP) is 4.42. The number of phenolic OH excluding ortho intramolecular Hbond substituents is 1. The van der Waals surface area contributed by atoms with Crippen molar-refractivity contribution in [3.05, 3.63) is 42.7 Å². The van der Waals surface area contributed by atoms with E-state index >= 15 is 0 Å². The summed E-state index contributed by atoms with van der Waals surface area (Å²) in [7, 11) is 4.23. The average Bonchev–Trinajstić information content (AvgIpc) is 3.13. The Morgan fingerprint density at radius 2 is 1.54 bits per heavy atom. The second-order valence-corrected chi connectivity index (χ2v) is 5.77. The van der Waals surface area contributed by atoms with Crippen LogP contribution < -0.4 is 14.2 Å². The minimum absolute atomic E-state index is 0.0547. The third-order valence-electron chi connectivity index (χ3n) is 4.12. The molecule has 0 atom stereocenters. The average molecular weight is 394 g/mol. The monoisotopic (exact) mass is 394 g/mol. The van der Waals surface area contributed by atoms with Crippen LogP contribution in [0, 0.1) is 0 Å². The minimum atomic E-state index is -4.71. The lowest BCUT2D eigenvalue weighted by Crippen LogP contribution is -2.16. The van der Waals surface area contributed by atoms with Crippen LogP contribution in [-0.4, -0.2) is 36.0 Å². The number of imidazole rings is 1. The Morgan fingerprint density at radius 1 is 0.893 bits per heavy atom. The number of ether oxygens (including phenoxy) is 3. The molecule has 1 N–H and O–H groups in total. The van der Waals surface area contributed by atoms with Gasteiger partial charge in [-0.3, -0.25) is 0 Å². The van der Waals surface area contributed by atoms with Crippen molar-refractivity contribution in [3.63, 3.8) is 0 Å². The van der Waals surface area contributed by atoms with Gasteiger partial charge >= 0.3 is 6.30 Å². The molecule has 2 aromatic carbocycles. The Bertz CT molecular complexity index is 977. The van der Waals surface area contributed by atoms with Crippen LogP contribution in [0.3, 0.4) is 0 Å². The van der Waals surface area contributed by atoms with E-state index in [4.69, 9.17) is 14.2 Å². The van der Waals surface area contributed by atoms with Crippen molar-refractivity contribution < 1.29 is 32.5 Å². The summed E-state index contributed by atoms with van der Waals surface area (Å²) in [5, 5.41) is 10.0. The van der Waals surface area contributed by atoms with Crippen molar-refractivity contribution in [1.29, 1.82) is 0 Å². The molecular weight excluding hydrogens is 377 g/mol. The van der Waals surface area contributed by atoms with Gasteiger partial charge in [0.25, 0.3) is 0 Å². The molecule has 0 saturated carbocycles. The maximum Gasteiger partial charge on any atom is 0.490 e. The maximum atomic E-state index is 13.6. The van der Waals surface area contributed by atoms with Gasteiger partial charge in [-0.25, -0.2) is 9.55 Å². The first-order chi connectivity index (χ1) is 13.3. The van der Waals surface area contributed by atoms with E-state index in [-0.39, 0.29) is 33.0 Å². The fourth-order valence-corrected chi connectivity index (χ4v) is 2.81. The molecule has 6 nitrogen and oxygen atoms in total. The van der Waals surface area contributed by atoms with E-state index in [1.54, 1.807) is 18.2 Å². The molecule has 0 aliphatic carbocycles. The van der Waals surface area contributed by atoms with Crippen molar-refractivity contribution in [1.82, 2.24) is 9.55 Å². The zero-order chi connectivity index (χ0) is 20.5. The summed E-state index contributed by atoms with van der Waals surface area (Å²) in [5.74, 6) is 0.661. The molecule has 0 amide bonds. The lowest BCUT2D eigenvalue weighted by molar-refractivity contribution is -0.202. The Morgan fingerprint density at radius 3 is 2.04 bits per heavy atom. The first-order valence-corrected chi connectivity index (χ1v) is 8.03. The molecule has 0 aliphatic heterocycles. The first kappa shape index (κ1) is 19.4. The minimum Gasteiger partial charge on any atom is -0.504 e. The number of aromatic nitrogens is 2. The van der Waals surface area contributed by atoms with E-state index in [9.17, 15) is 18.3 Å². The number of aromatic hydroxyl groups is 1. The van der Waals surface area contributed by atoms with Crippen LogP contribution in [0.2, 0.25) is 0 Å². The van der Waals surface area contributed by atoms with Gasteiger partial charge in [-0.05, 0) is 30.3 Å². The zero-order valence-electron chi connectivity index (χ0n) is 15.2. The van der Waals surface area contributed by atoms with Gasteiger partial charge in [-0.2, -0.15) is 0 Å². The maximum absolute atomic E-state index is 13.6. The molecule has 0 saturated heterocycles. The molecule has 3 aromatic rings. The highest BCUT2D eigenvalue weighted by molar-refractivity contribution is 5.81. The number of benzene rings is 2. The first-order valence-electron chi connectivity index (χ1n) is 8.03. The fraction of sp³-hybridized carbons (Fsp3) is 0.211. The number of alkyl halides is 3.